The molecule has 0 aromatic carbocycles. The first-order chi connectivity index (χ1) is 11.6. The minimum atomic E-state index is -3.40. The van der Waals surface area contributed by atoms with Crippen molar-refractivity contribution in [2.45, 2.75) is 23.6 Å². The smallest absolute Gasteiger partial charge is 0.252 e. The zero-order valence-corrected chi connectivity index (χ0v) is 18.2. The Hall–Kier alpha value is -0.430. The number of nitrogens with one attached hydrogen (secondary N) is 2. The number of hydrogen-bond acceptors (Lipinski definition) is 5. The first kappa shape index (κ1) is 20.9. The summed E-state index contributed by atoms with van der Waals surface area (Å²) >= 11 is 1.31. The van der Waals surface area contributed by atoms with Gasteiger partial charge in [-0.05, 0) is 30.9 Å². The molecule has 1 aliphatic carbocycles. The number of rotatable bonds is 6. The molecule has 1 aromatic heterocycles. The van der Waals surface area contributed by atoms with Crippen LogP contribution in [-0.4, -0.2) is 58.6 Å². The Kier molecular flexibility index (Phi) is 7.92. The van der Waals surface area contributed by atoms with E-state index in [9.17, 15) is 8.42 Å². The van der Waals surface area contributed by atoms with Crippen molar-refractivity contribution in [1.29, 1.82) is 0 Å². The molecule has 0 atom stereocenters. The highest BCUT2D eigenvalue weighted by Crippen LogP contribution is 2.27. The lowest BCUT2D eigenvalue weighted by molar-refractivity contribution is 0.0731. The quantitative estimate of drug-likeness (QED) is 0.351. The molecule has 1 saturated heterocycles. The minimum absolute atomic E-state index is 0. The fourth-order valence-electron chi connectivity index (χ4n) is 2.46. The third-order valence-corrected chi connectivity index (χ3v) is 7.56. The van der Waals surface area contributed by atoms with Crippen LogP contribution in [0.15, 0.2) is 21.3 Å². The Balaban J connectivity index is 0.00000225. The van der Waals surface area contributed by atoms with E-state index in [2.05, 4.69) is 15.6 Å². The predicted octanol–water partition coefficient (Wildman–Crippen LogP) is 1.46. The summed E-state index contributed by atoms with van der Waals surface area (Å²) in [5.41, 5.74) is 0. The molecular formula is C15H25IN4O3S2. The van der Waals surface area contributed by atoms with E-state index in [1.807, 2.05) is 6.07 Å². The summed E-state index contributed by atoms with van der Waals surface area (Å²) < 4.78 is 32.3. The van der Waals surface area contributed by atoms with Crippen molar-refractivity contribution in [3.63, 3.8) is 0 Å². The average Bonchev–Trinajstić information content (AvgIpc) is 3.30. The van der Waals surface area contributed by atoms with Crippen LogP contribution in [0.3, 0.4) is 0 Å². The molecule has 1 saturated carbocycles. The summed E-state index contributed by atoms with van der Waals surface area (Å²) in [6.45, 7) is 3.27. The van der Waals surface area contributed by atoms with Gasteiger partial charge in [-0.25, -0.2) is 8.42 Å². The van der Waals surface area contributed by atoms with Crippen molar-refractivity contribution in [2.75, 3.05) is 39.9 Å². The second kappa shape index (κ2) is 9.49. The second-order valence-corrected chi connectivity index (χ2v) is 9.32. The van der Waals surface area contributed by atoms with Crippen LogP contribution in [0.25, 0.3) is 0 Å². The second-order valence-electron chi connectivity index (χ2n) is 5.99. The number of ether oxygens (including phenoxy) is 1. The maximum Gasteiger partial charge on any atom is 0.252 e. The van der Waals surface area contributed by atoms with Gasteiger partial charge in [0.25, 0.3) is 10.0 Å². The zero-order valence-electron chi connectivity index (χ0n) is 14.2. The van der Waals surface area contributed by atoms with Gasteiger partial charge in [0.05, 0.1) is 19.8 Å². The van der Waals surface area contributed by atoms with Crippen LogP contribution in [0.4, 0.5) is 0 Å². The minimum Gasteiger partial charge on any atom is -0.379 e. The van der Waals surface area contributed by atoms with Crippen molar-refractivity contribution < 1.29 is 13.2 Å². The van der Waals surface area contributed by atoms with Crippen molar-refractivity contribution in [2.24, 2.45) is 10.9 Å². The Bertz CT molecular complexity index is 683. The number of guanidine groups is 1. The first-order valence-electron chi connectivity index (χ1n) is 8.20. The Labute approximate surface area is 170 Å². The Morgan fingerprint density at radius 2 is 2.04 bits per heavy atom. The summed E-state index contributed by atoms with van der Waals surface area (Å²) in [7, 11) is -1.66. The standard InChI is InChI=1S/C15H24N4O3S2.HI/c1-16-15(17-10-12-2-3-12)18-11-13-4-5-14(23-13)24(20,21)19-6-8-22-9-7-19;/h4-5,12H,2-3,6-11H2,1H3,(H2,16,17,18);1H. The molecule has 7 nitrogen and oxygen atoms in total. The highest BCUT2D eigenvalue weighted by Gasteiger charge is 2.27. The van der Waals surface area contributed by atoms with E-state index in [-0.39, 0.29) is 24.0 Å². The molecule has 2 fully saturated rings. The molecule has 2 aliphatic rings. The number of thiophene rings is 1. The fraction of sp³-hybridized carbons (Fsp3) is 0.667. The van der Waals surface area contributed by atoms with E-state index in [4.69, 9.17) is 4.74 Å². The number of sulfonamides is 1. The topological polar surface area (TPSA) is 83.0 Å². The SMILES string of the molecule is CN=C(NCc1ccc(S(=O)(=O)N2CCOCC2)s1)NCC1CC1.I. The predicted molar refractivity (Wildman–Crippen MR) is 110 cm³/mol. The monoisotopic (exact) mass is 500 g/mol. The van der Waals surface area contributed by atoms with Gasteiger partial charge in [-0.2, -0.15) is 4.31 Å². The summed E-state index contributed by atoms with van der Waals surface area (Å²) in [5.74, 6) is 1.53. The van der Waals surface area contributed by atoms with Crippen LogP contribution in [0, 0.1) is 5.92 Å². The number of morpholine rings is 1. The molecule has 0 spiro atoms. The number of hydrogen-bond donors (Lipinski definition) is 2. The Morgan fingerprint density at radius 3 is 2.68 bits per heavy atom. The van der Waals surface area contributed by atoms with Crippen molar-refractivity contribution >= 4 is 51.3 Å². The number of halogens is 1. The number of nitrogens with zero attached hydrogens (tertiary/aromatic N) is 2. The van der Waals surface area contributed by atoms with E-state index in [1.165, 1.54) is 28.5 Å². The van der Waals surface area contributed by atoms with Crippen LogP contribution in [0.5, 0.6) is 0 Å². The molecule has 2 heterocycles. The molecule has 3 rings (SSSR count). The summed E-state index contributed by atoms with van der Waals surface area (Å²) in [4.78, 5) is 5.16. The average molecular weight is 500 g/mol. The van der Waals surface area contributed by atoms with Gasteiger partial charge in [-0.15, -0.1) is 35.3 Å². The van der Waals surface area contributed by atoms with Gasteiger partial charge in [0, 0.05) is 31.6 Å². The van der Waals surface area contributed by atoms with Gasteiger partial charge in [0.2, 0.25) is 0 Å². The van der Waals surface area contributed by atoms with Gasteiger partial charge in [-0.1, -0.05) is 0 Å². The summed E-state index contributed by atoms with van der Waals surface area (Å²) in [6.07, 6.45) is 2.58. The molecule has 2 N–H and O–H groups in total. The van der Waals surface area contributed by atoms with E-state index in [1.54, 1.807) is 13.1 Å². The van der Waals surface area contributed by atoms with E-state index in [0.29, 0.717) is 37.1 Å². The lowest BCUT2D eigenvalue weighted by Crippen LogP contribution is -2.40. The molecule has 1 aliphatic heterocycles. The maximum atomic E-state index is 12.6. The molecule has 0 bridgehead atoms. The first-order valence-corrected chi connectivity index (χ1v) is 10.5. The largest absolute Gasteiger partial charge is 0.379 e. The van der Waals surface area contributed by atoms with Crippen LogP contribution < -0.4 is 10.6 Å². The fourth-order valence-corrected chi connectivity index (χ4v) is 5.32. The van der Waals surface area contributed by atoms with E-state index >= 15 is 0 Å². The Morgan fingerprint density at radius 1 is 1.32 bits per heavy atom. The van der Waals surface area contributed by atoms with E-state index in [0.717, 1.165) is 23.3 Å². The lowest BCUT2D eigenvalue weighted by Gasteiger charge is -2.25. The van der Waals surface area contributed by atoms with Crippen molar-refractivity contribution in [3.8, 4) is 0 Å². The van der Waals surface area contributed by atoms with Crippen LogP contribution in [0.2, 0.25) is 0 Å². The third kappa shape index (κ3) is 5.78. The van der Waals surface area contributed by atoms with Gasteiger partial charge in [0.15, 0.2) is 5.96 Å². The number of aliphatic imine (C=N–C) groups is 1. The lowest BCUT2D eigenvalue weighted by atomic mass is 10.4. The molecule has 10 heteroatoms. The summed E-state index contributed by atoms with van der Waals surface area (Å²) in [6, 6.07) is 3.55. The van der Waals surface area contributed by atoms with Crippen molar-refractivity contribution in [1.82, 2.24) is 14.9 Å². The van der Waals surface area contributed by atoms with Gasteiger partial charge >= 0.3 is 0 Å². The molecule has 142 valence electrons. The molecule has 25 heavy (non-hydrogen) atoms. The molecule has 1 aromatic rings. The molecule has 0 amide bonds. The van der Waals surface area contributed by atoms with Crippen LogP contribution in [0.1, 0.15) is 17.7 Å². The normalized spacial score (nSPS) is 19.3. The summed E-state index contributed by atoms with van der Waals surface area (Å²) in [5, 5.41) is 6.53. The maximum absolute atomic E-state index is 12.6. The van der Waals surface area contributed by atoms with Crippen LogP contribution in [-0.2, 0) is 21.3 Å². The van der Waals surface area contributed by atoms with Crippen LogP contribution >= 0.6 is 35.3 Å². The third-order valence-electron chi connectivity index (χ3n) is 4.11. The van der Waals surface area contributed by atoms with Crippen molar-refractivity contribution in [3.05, 3.63) is 17.0 Å². The highest BCUT2D eigenvalue weighted by atomic mass is 127. The zero-order chi connectivity index (χ0) is 17.0. The van der Waals surface area contributed by atoms with E-state index < -0.39 is 10.0 Å². The highest BCUT2D eigenvalue weighted by molar-refractivity contribution is 14.0. The molecular weight excluding hydrogens is 475 g/mol. The molecule has 0 radical (unpaired) electrons. The molecule has 0 unspecified atom stereocenters. The van der Waals surface area contributed by atoms with Gasteiger partial charge in [0.1, 0.15) is 4.21 Å². The van der Waals surface area contributed by atoms with Gasteiger partial charge < -0.3 is 15.4 Å². The van der Waals surface area contributed by atoms with Gasteiger partial charge in [-0.3, -0.25) is 4.99 Å².